The lowest BCUT2D eigenvalue weighted by atomic mass is 9.44. The number of ketones is 2. The van der Waals surface area contributed by atoms with Crippen LogP contribution in [0.2, 0.25) is 0 Å². The Labute approximate surface area is 160 Å². The van der Waals surface area contributed by atoms with Gasteiger partial charge in [-0.15, -0.1) is 0 Å². The van der Waals surface area contributed by atoms with Crippen molar-refractivity contribution in [1.82, 2.24) is 0 Å². The SMILES string of the molecule is CC1CC2C(C(O)CC3(C)C2CCC3(O)C(=O)CO)C2(C)CCC(=O)C=C12. The Morgan fingerprint density at radius 1 is 1.30 bits per heavy atom. The molecule has 4 aliphatic carbocycles. The number of allylic oxidation sites excluding steroid dienone is 1. The molecular formula is C22H32O5. The zero-order valence-corrected chi connectivity index (χ0v) is 16.6. The molecule has 27 heavy (non-hydrogen) atoms. The summed E-state index contributed by atoms with van der Waals surface area (Å²) < 4.78 is 0. The van der Waals surface area contributed by atoms with Crippen molar-refractivity contribution < 1.29 is 24.9 Å². The number of carbonyl (C=O) groups excluding carboxylic acids is 2. The smallest absolute Gasteiger partial charge is 0.190 e. The molecule has 150 valence electrons. The van der Waals surface area contributed by atoms with Gasteiger partial charge < -0.3 is 15.3 Å². The predicted octanol–water partition coefficient (Wildman–Crippen LogP) is 2.03. The highest BCUT2D eigenvalue weighted by molar-refractivity contribution is 5.92. The summed E-state index contributed by atoms with van der Waals surface area (Å²) in [5.74, 6) is 0.341. The summed E-state index contributed by atoms with van der Waals surface area (Å²) >= 11 is 0. The summed E-state index contributed by atoms with van der Waals surface area (Å²) in [6.45, 7) is 5.63. The van der Waals surface area contributed by atoms with Gasteiger partial charge in [-0.1, -0.05) is 26.3 Å². The Morgan fingerprint density at radius 3 is 2.67 bits per heavy atom. The number of aliphatic hydroxyl groups is 3. The molecule has 3 N–H and O–H groups in total. The molecule has 0 bridgehead atoms. The quantitative estimate of drug-likeness (QED) is 0.685. The molecule has 8 atom stereocenters. The molecule has 0 amide bonds. The van der Waals surface area contributed by atoms with E-state index in [1.165, 1.54) is 5.57 Å². The van der Waals surface area contributed by atoms with Crippen LogP contribution in [0.4, 0.5) is 0 Å². The summed E-state index contributed by atoms with van der Waals surface area (Å²) in [7, 11) is 0. The highest BCUT2D eigenvalue weighted by Crippen LogP contribution is 2.68. The monoisotopic (exact) mass is 376 g/mol. The maximum absolute atomic E-state index is 12.4. The van der Waals surface area contributed by atoms with Crippen LogP contribution in [0.1, 0.15) is 59.3 Å². The van der Waals surface area contributed by atoms with Gasteiger partial charge in [0.05, 0.1) is 6.10 Å². The van der Waals surface area contributed by atoms with Crippen molar-refractivity contribution in [3.63, 3.8) is 0 Å². The second-order valence-corrected chi connectivity index (χ2v) is 10.1. The van der Waals surface area contributed by atoms with Gasteiger partial charge in [0.2, 0.25) is 0 Å². The molecule has 4 rings (SSSR count). The first-order valence-corrected chi connectivity index (χ1v) is 10.4. The molecule has 5 heteroatoms. The molecule has 3 fully saturated rings. The van der Waals surface area contributed by atoms with Gasteiger partial charge in [-0.05, 0) is 67.3 Å². The maximum Gasteiger partial charge on any atom is 0.190 e. The van der Waals surface area contributed by atoms with Crippen LogP contribution >= 0.6 is 0 Å². The zero-order chi connectivity index (χ0) is 19.8. The Kier molecular flexibility index (Phi) is 4.27. The number of aliphatic hydroxyl groups excluding tert-OH is 2. The van der Waals surface area contributed by atoms with E-state index in [2.05, 4.69) is 13.8 Å². The topological polar surface area (TPSA) is 94.8 Å². The Morgan fingerprint density at radius 2 is 2.00 bits per heavy atom. The van der Waals surface area contributed by atoms with Gasteiger partial charge in [0, 0.05) is 11.8 Å². The maximum atomic E-state index is 12.4. The van der Waals surface area contributed by atoms with E-state index in [0.717, 1.165) is 19.3 Å². The summed E-state index contributed by atoms with van der Waals surface area (Å²) in [4.78, 5) is 24.5. The van der Waals surface area contributed by atoms with E-state index in [1.54, 1.807) is 0 Å². The fourth-order valence-electron chi connectivity index (χ4n) is 7.71. The van der Waals surface area contributed by atoms with E-state index in [-0.39, 0.29) is 34.9 Å². The Balaban J connectivity index is 1.77. The van der Waals surface area contributed by atoms with Gasteiger partial charge in [-0.25, -0.2) is 0 Å². The first-order chi connectivity index (χ1) is 12.6. The molecule has 4 aliphatic rings. The van der Waals surface area contributed by atoms with Crippen molar-refractivity contribution in [1.29, 1.82) is 0 Å². The highest BCUT2D eigenvalue weighted by Gasteiger charge is 2.68. The molecule has 0 radical (unpaired) electrons. The second kappa shape index (κ2) is 5.98. The molecule has 3 saturated carbocycles. The predicted molar refractivity (Wildman–Crippen MR) is 99.7 cm³/mol. The summed E-state index contributed by atoms with van der Waals surface area (Å²) in [5.41, 5.74) is -1.28. The molecule has 0 aromatic carbocycles. The van der Waals surface area contributed by atoms with Crippen LogP contribution in [0.15, 0.2) is 11.6 Å². The molecule has 8 unspecified atom stereocenters. The van der Waals surface area contributed by atoms with Crippen molar-refractivity contribution in [2.75, 3.05) is 6.61 Å². The molecule has 0 saturated heterocycles. The molecule has 0 aliphatic heterocycles. The second-order valence-electron chi connectivity index (χ2n) is 10.1. The Bertz CT molecular complexity index is 713. The molecule has 5 nitrogen and oxygen atoms in total. The average molecular weight is 376 g/mol. The fourth-order valence-corrected chi connectivity index (χ4v) is 7.71. The van der Waals surface area contributed by atoms with Crippen molar-refractivity contribution in [2.45, 2.75) is 71.0 Å². The molecule has 0 aromatic rings. The normalized spacial score (nSPS) is 51.9. The number of carbonyl (C=O) groups is 2. The van der Waals surface area contributed by atoms with Crippen molar-refractivity contribution in [3.8, 4) is 0 Å². The first-order valence-electron chi connectivity index (χ1n) is 10.4. The minimum absolute atomic E-state index is 0.0534. The van der Waals surface area contributed by atoms with Gasteiger partial charge in [0.25, 0.3) is 0 Å². The number of Topliss-reactive ketones (excluding diaryl/α,β-unsaturated/α-hetero) is 1. The van der Waals surface area contributed by atoms with Gasteiger partial charge in [-0.2, -0.15) is 0 Å². The summed E-state index contributed by atoms with van der Waals surface area (Å²) in [6, 6.07) is 0. The van der Waals surface area contributed by atoms with Crippen LogP contribution < -0.4 is 0 Å². The van der Waals surface area contributed by atoms with Crippen molar-refractivity contribution in [3.05, 3.63) is 11.6 Å². The molecular weight excluding hydrogens is 344 g/mol. The van der Waals surface area contributed by atoms with E-state index >= 15 is 0 Å². The standard InChI is InChI=1S/C22H32O5/c1-12-8-14-15-5-7-22(27,18(26)11-23)21(15,3)10-17(25)19(14)20(2)6-4-13(24)9-16(12)20/h9,12,14-15,17,19,23,25,27H,4-8,10-11H2,1-3H3. The Hall–Kier alpha value is -1.04. The van der Waals surface area contributed by atoms with E-state index in [0.29, 0.717) is 19.3 Å². The van der Waals surface area contributed by atoms with Gasteiger partial charge >= 0.3 is 0 Å². The minimum Gasteiger partial charge on any atom is -0.393 e. The van der Waals surface area contributed by atoms with Gasteiger partial charge in [0.15, 0.2) is 11.6 Å². The lowest BCUT2D eigenvalue weighted by molar-refractivity contribution is -0.184. The number of fused-ring (bicyclic) bond motifs is 5. The molecule has 0 aromatic heterocycles. The van der Waals surface area contributed by atoms with Crippen LogP contribution in [0, 0.1) is 34.5 Å². The van der Waals surface area contributed by atoms with Crippen LogP contribution in [-0.4, -0.2) is 45.2 Å². The number of hydrogen-bond acceptors (Lipinski definition) is 5. The van der Waals surface area contributed by atoms with Crippen LogP contribution in [0.5, 0.6) is 0 Å². The third kappa shape index (κ3) is 2.34. The van der Waals surface area contributed by atoms with Crippen LogP contribution in [-0.2, 0) is 9.59 Å². The lowest BCUT2D eigenvalue weighted by Crippen LogP contribution is -2.62. The fraction of sp³-hybridized carbons (Fsp3) is 0.818. The van der Waals surface area contributed by atoms with Crippen LogP contribution in [0.25, 0.3) is 0 Å². The minimum atomic E-state index is -1.55. The zero-order valence-electron chi connectivity index (χ0n) is 16.6. The van der Waals surface area contributed by atoms with E-state index in [1.807, 2.05) is 13.0 Å². The highest BCUT2D eigenvalue weighted by atomic mass is 16.3. The molecule has 0 spiro atoms. The third-order valence-electron chi connectivity index (χ3n) is 8.97. The number of rotatable bonds is 2. The lowest BCUT2D eigenvalue weighted by Gasteiger charge is -2.61. The summed E-state index contributed by atoms with van der Waals surface area (Å²) in [5, 5.41) is 31.9. The summed E-state index contributed by atoms with van der Waals surface area (Å²) in [6.07, 6.45) is 4.84. The van der Waals surface area contributed by atoms with E-state index < -0.39 is 29.5 Å². The average Bonchev–Trinajstić information content (AvgIpc) is 2.87. The largest absolute Gasteiger partial charge is 0.393 e. The van der Waals surface area contributed by atoms with E-state index in [9.17, 15) is 24.9 Å². The molecule has 0 heterocycles. The van der Waals surface area contributed by atoms with Crippen molar-refractivity contribution >= 4 is 11.6 Å². The van der Waals surface area contributed by atoms with Crippen molar-refractivity contribution in [2.24, 2.45) is 34.5 Å². The first kappa shape index (κ1) is 19.3. The number of hydrogen-bond donors (Lipinski definition) is 3. The van der Waals surface area contributed by atoms with Gasteiger partial charge in [0.1, 0.15) is 12.2 Å². The van der Waals surface area contributed by atoms with Crippen LogP contribution in [0.3, 0.4) is 0 Å². The van der Waals surface area contributed by atoms with Gasteiger partial charge in [-0.3, -0.25) is 9.59 Å². The van der Waals surface area contributed by atoms with E-state index in [4.69, 9.17) is 0 Å². The third-order valence-corrected chi connectivity index (χ3v) is 8.97.